The van der Waals surface area contributed by atoms with Crippen molar-refractivity contribution in [3.63, 3.8) is 0 Å². The van der Waals surface area contributed by atoms with Crippen molar-refractivity contribution < 1.29 is 10.2 Å². The van der Waals surface area contributed by atoms with Crippen molar-refractivity contribution in [2.24, 2.45) is 0 Å². The van der Waals surface area contributed by atoms with Crippen molar-refractivity contribution >= 4 is 22.4 Å². The quantitative estimate of drug-likeness (QED) is 0.397. The van der Waals surface area contributed by atoms with Crippen LogP contribution < -0.4 is 0 Å². The normalized spacial score (nSPS) is 20.3. The molecule has 0 amide bonds. The highest BCUT2D eigenvalue weighted by atomic mass is 32.1. The van der Waals surface area contributed by atoms with Crippen LogP contribution in [0.5, 0.6) is 0 Å². The van der Waals surface area contributed by atoms with Gasteiger partial charge in [0.25, 0.3) is 0 Å². The maximum Gasteiger partial charge on any atom is 0.137 e. The van der Waals surface area contributed by atoms with Crippen LogP contribution in [0.3, 0.4) is 0 Å². The van der Waals surface area contributed by atoms with E-state index in [4.69, 9.17) is 4.98 Å². The van der Waals surface area contributed by atoms with Crippen LogP contribution in [0.15, 0.2) is 72.5 Å². The van der Waals surface area contributed by atoms with Crippen LogP contribution >= 0.6 is 11.3 Å². The number of nitrogens with zero attached hydrogens (tertiary/aromatic N) is 3. The lowest BCUT2D eigenvalue weighted by molar-refractivity contribution is 0.0389. The predicted molar refractivity (Wildman–Crippen MR) is 119 cm³/mol. The van der Waals surface area contributed by atoms with E-state index in [1.54, 1.807) is 29.8 Å². The zero-order valence-corrected chi connectivity index (χ0v) is 17.2. The largest absolute Gasteiger partial charge is 0.388 e. The third kappa shape index (κ3) is 2.82. The Kier molecular flexibility index (Phi) is 4.04. The summed E-state index contributed by atoms with van der Waals surface area (Å²) < 4.78 is 0. The van der Waals surface area contributed by atoms with Crippen LogP contribution in [-0.4, -0.2) is 30.1 Å². The molecule has 2 atom stereocenters. The molecule has 5 aromatic rings. The Hall–Kier alpha value is -3.39. The average Bonchev–Trinajstić information content (AvgIpc) is 3.51. The molecule has 0 bridgehead atoms. The van der Waals surface area contributed by atoms with Crippen molar-refractivity contribution in [3.8, 4) is 21.8 Å². The highest BCUT2D eigenvalue weighted by Crippen LogP contribution is 2.46. The molecular formula is C24H18N4O2S. The molecule has 0 saturated carbocycles. The molecule has 6 rings (SSSR count). The second-order valence-electron chi connectivity index (χ2n) is 7.74. The summed E-state index contributed by atoms with van der Waals surface area (Å²) in [6, 6.07) is 15.2. The lowest BCUT2D eigenvalue weighted by Gasteiger charge is -2.24. The molecule has 7 heteroatoms. The number of aromatic amines is 1. The van der Waals surface area contributed by atoms with E-state index < -0.39 is 11.7 Å². The van der Waals surface area contributed by atoms with Crippen LogP contribution in [0, 0.1) is 0 Å². The zero-order valence-electron chi connectivity index (χ0n) is 16.4. The first-order valence-electron chi connectivity index (χ1n) is 9.98. The summed E-state index contributed by atoms with van der Waals surface area (Å²) in [4.78, 5) is 16.8. The summed E-state index contributed by atoms with van der Waals surface area (Å²) in [5.74, 6) is 0. The Bertz CT molecular complexity index is 1430. The van der Waals surface area contributed by atoms with Crippen molar-refractivity contribution in [1.82, 2.24) is 19.9 Å². The SMILES string of the molecule is O[C@@H]1C[C@](O)(c2cccc(-c3csc(-c4c[nH]c5ncccc45)n3)c2)c2ncccc21. The average molecular weight is 427 g/mol. The molecule has 0 saturated heterocycles. The van der Waals surface area contributed by atoms with Gasteiger partial charge in [-0.25, -0.2) is 9.97 Å². The number of aliphatic hydroxyl groups excluding tert-OH is 1. The number of rotatable bonds is 3. The van der Waals surface area contributed by atoms with Crippen molar-refractivity contribution in [2.75, 3.05) is 0 Å². The third-order valence-corrected chi connectivity index (χ3v) is 6.78. The lowest BCUT2D eigenvalue weighted by atomic mass is 9.89. The smallest absolute Gasteiger partial charge is 0.137 e. The number of fused-ring (bicyclic) bond motifs is 2. The van der Waals surface area contributed by atoms with E-state index in [0.29, 0.717) is 16.8 Å². The summed E-state index contributed by atoms with van der Waals surface area (Å²) in [6.07, 6.45) is 4.79. The van der Waals surface area contributed by atoms with Gasteiger partial charge >= 0.3 is 0 Å². The molecule has 0 unspecified atom stereocenters. The summed E-state index contributed by atoms with van der Waals surface area (Å²) in [5.41, 5.74) is 4.17. The summed E-state index contributed by atoms with van der Waals surface area (Å²) in [5, 5.41) is 25.9. The Morgan fingerprint density at radius 2 is 1.94 bits per heavy atom. The van der Waals surface area contributed by atoms with E-state index in [0.717, 1.165) is 32.9 Å². The van der Waals surface area contributed by atoms with Gasteiger partial charge in [0.15, 0.2) is 0 Å². The number of aromatic nitrogens is 4. The molecule has 0 spiro atoms. The number of hydrogen-bond donors (Lipinski definition) is 3. The van der Waals surface area contributed by atoms with Gasteiger partial charge in [-0.1, -0.05) is 24.3 Å². The number of thiazole rings is 1. The Morgan fingerprint density at radius 1 is 1.06 bits per heavy atom. The van der Waals surface area contributed by atoms with Crippen molar-refractivity contribution in [2.45, 2.75) is 18.1 Å². The van der Waals surface area contributed by atoms with Gasteiger partial charge in [0.05, 0.1) is 17.5 Å². The van der Waals surface area contributed by atoms with Crippen LogP contribution in [0.4, 0.5) is 0 Å². The van der Waals surface area contributed by atoms with Gasteiger partial charge in [-0.2, -0.15) is 0 Å². The first kappa shape index (κ1) is 18.4. The van der Waals surface area contributed by atoms with Gasteiger partial charge < -0.3 is 15.2 Å². The Labute approximate surface area is 181 Å². The first-order valence-corrected chi connectivity index (χ1v) is 10.9. The number of aliphatic hydroxyl groups is 2. The molecule has 1 aliphatic rings. The van der Waals surface area contributed by atoms with Crippen LogP contribution in [0.25, 0.3) is 32.9 Å². The number of H-pyrrole nitrogens is 1. The van der Waals surface area contributed by atoms with Crippen LogP contribution in [0.2, 0.25) is 0 Å². The fraction of sp³-hybridized carbons (Fsp3) is 0.125. The number of nitrogens with one attached hydrogen (secondary N) is 1. The van der Waals surface area contributed by atoms with Gasteiger partial charge in [0, 0.05) is 52.5 Å². The maximum atomic E-state index is 11.5. The molecule has 3 N–H and O–H groups in total. The van der Waals surface area contributed by atoms with E-state index >= 15 is 0 Å². The van der Waals surface area contributed by atoms with Gasteiger partial charge in [0.2, 0.25) is 0 Å². The highest BCUT2D eigenvalue weighted by molar-refractivity contribution is 7.13. The molecule has 31 heavy (non-hydrogen) atoms. The predicted octanol–water partition coefficient (Wildman–Crippen LogP) is 4.42. The van der Waals surface area contributed by atoms with Crippen LogP contribution in [-0.2, 0) is 5.60 Å². The second kappa shape index (κ2) is 6.81. The topological polar surface area (TPSA) is 94.9 Å². The van der Waals surface area contributed by atoms with Gasteiger partial charge in [-0.3, -0.25) is 4.98 Å². The van der Waals surface area contributed by atoms with Crippen molar-refractivity contribution in [1.29, 1.82) is 0 Å². The van der Waals surface area contributed by atoms with E-state index in [1.807, 2.05) is 54.0 Å². The molecule has 6 nitrogen and oxygen atoms in total. The van der Waals surface area contributed by atoms with E-state index in [1.165, 1.54) is 0 Å². The Balaban J connectivity index is 1.40. The fourth-order valence-corrected chi connectivity index (χ4v) is 5.23. The zero-order chi connectivity index (χ0) is 21.0. The molecule has 0 aliphatic heterocycles. The summed E-state index contributed by atoms with van der Waals surface area (Å²) in [6.45, 7) is 0. The molecule has 1 aromatic carbocycles. The molecular weight excluding hydrogens is 408 g/mol. The second-order valence-corrected chi connectivity index (χ2v) is 8.60. The molecule has 0 fully saturated rings. The minimum Gasteiger partial charge on any atom is -0.388 e. The van der Waals surface area contributed by atoms with Crippen molar-refractivity contribution in [3.05, 3.63) is 89.3 Å². The van der Waals surface area contributed by atoms with E-state index in [2.05, 4.69) is 15.0 Å². The summed E-state index contributed by atoms with van der Waals surface area (Å²) >= 11 is 1.57. The third-order valence-electron chi connectivity index (χ3n) is 5.90. The molecule has 152 valence electrons. The number of hydrogen-bond acceptors (Lipinski definition) is 6. The fourth-order valence-electron chi connectivity index (χ4n) is 4.37. The minimum absolute atomic E-state index is 0.188. The van der Waals surface area contributed by atoms with E-state index in [9.17, 15) is 10.2 Å². The molecule has 4 heterocycles. The Morgan fingerprint density at radius 3 is 2.87 bits per heavy atom. The van der Waals surface area contributed by atoms with Gasteiger partial charge in [-0.15, -0.1) is 11.3 Å². The van der Waals surface area contributed by atoms with Gasteiger partial charge in [0.1, 0.15) is 16.3 Å². The standard InChI is InChI=1S/C24H18N4O2S/c29-20-11-24(30,21-17(20)7-3-8-25-21)15-5-1-4-14(10-15)19-13-31-23(28-19)18-12-27-22-16(18)6-2-9-26-22/h1-10,12-13,20,29-30H,11H2,(H,26,27)/t20-,24+/m1/s1. The lowest BCUT2D eigenvalue weighted by Crippen LogP contribution is -2.25. The molecule has 0 radical (unpaired) electrons. The number of pyridine rings is 2. The van der Waals surface area contributed by atoms with E-state index in [-0.39, 0.29) is 6.42 Å². The molecule has 1 aliphatic carbocycles. The highest BCUT2D eigenvalue weighted by Gasteiger charge is 2.44. The molecule has 4 aromatic heterocycles. The first-order chi connectivity index (χ1) is 15.1. The minimum atomic E-state index is -1.33. The maximum absolute atomic E-state index is 11.5. The monoisotopic (exact) mass is 426 g/mol. The van der Waals surface area contributed by atoms with Gasteiger partial charge in [-0.05, 0) is 29.8 Å². The summed E-state index contributed by atoms with van der Waals surface area (Å²) in [7, 11) is 0. The number of benzene rings is 1. The van der Waals surface area contributed by atoms with Crippen LogP contribution in [0.1, 0.15) is 29.3 Å².